The van der Waals surface area contributed by atoms with E-state index in [1.165, 1.54) is 6.07 Å². The zero-order valence-electron chi connectivity index (χ0n) is 11.1. The van der Waals surface area contributed by atoms with Crippen LogP contribution < -0.4 is 5.73 Å². The number of benzene rings is 1. The zero-order valence-corrected chi connectivity index (χ0v) is 11.1. The number of nitrogen functional groups attached to an aromatic ring is 1. The lowest BCUT2D eigenvalue weighted by Gasteiger charge is -2.28. The van der Waals surface area contributed by atoms with Gasteiger partial charge in [0.2, 0.25) is 0 Å². The van der Waals surface area contributed by atoms with Crippen molar-refractivity contribution in [2.45, 2.75) is 33.0 Å². The summed E-state index contributed by atoms with van der Waals surface area (Å²) in [6, 6.07) is 4.10. The van der Waals surface area contributed by atoms with Gasteiger partial charge in [-0.15, -0.1) is 0 Å². The van der Waals surface area contributed by atoms with Gasteiger partial charge in [0, 0.05) is 17.3 Å². The van der Waals surface area contributed by atoms with Crippen molar-refractivity contribution in [1.29, 1.82) is 0 Å². The number of hydrogen-bond donors (Lipinski definition) is 1. The molecule has 0 bridgehead atoms. The first-order valence-corrected chi connectivity index (χ1v) is 5.86. The molecule has 19 heavy (non-hydrogen) atoms. The summed E-state index contributed by atoms with van der Waals surface area (Å²) in [7, 11) is 0. The molecule has 106 valence electrons. The molecule has 0 saturated heterocycles. The van der Waals surface area contributed by atoms with Crippen LogP contribution in [0.25, 0.3) is 0 Å². The van der Waals surface area contributed by atoms with E-state index in [1.54, 1.807) is 32.9 Å². The Hall–Kier alpha value is -1.72. The predicted octanol–water partition coefficient (Wildman–Crippen LogP) is 2.99. The van der Waals surface area contributed by atoms with Crippen molar-refractivity contribution >= 4 is 11.6 Å². The van der Waals surface area contributed by atoms with E-state index >= 15 is 0 Å². The van der Waals surface area contributed by atoms with Crippen LogP contribution in [-0.2, 0) is 0 Å². The molecule has 0 spiro atoms. The third-order valence-corrected chi connectivity index (χ3v) is 2.84. The minimum atomic E-state index is -4.42. The van der Waals surface area contributed by atoms with Crippen molar-refractivity contribution in [3.63, 3.8) is 0 Å². The van der Waals surface area contributed by atoms with Crippen LogP contribution in [0.3, 0.4) is 0 Å². The number of carbonyl (C=O) groups excluding carboxylic acids is 1. The predicted molar refractivity (Wildman–Crippen MR) is 67.8 cm³/mol. The van der Waals surface area contributed by atoms with Gasteiger partial charge < -0.3 is 10.6 Å². The van der Waals surface area contributed by atoms with Gasteiger partial charge in [0.15, 0.2) is 0 Å². The van der Waals surface area contributed by atoms with Crippen LogP contribution in [0.1, 0.15) is 29.8 Å². The number of rotatable bonds is 3. The molecular weight excluding hydrogens is 257 g/mol. The Morgan fingerprint density at radius 3 is 2.42 bits per heavy atom. The lowest BCUT2D eigenvalue weighted by atomic mass is 10.0. The summed E-state index contributed by atoms with van der Waals surface area (Å²) in [5.74, 6) is -0.655. The highest BCUT2D eigenvalue weighted by atomic mass is 19.4. The Bertz CT molecular complexity index is 469. The molecule has 0 aliphatic carbocycles. The van der Waals surface area contributed by atoms with E-state index in [9.17, 15) is 18.0 Å². The summed E-state index contributed by atoms with van der Waals surface area (Å²) in [5.41, 5.74) is 6.77. The van der Waals surface area contributed by atoms with Crippen molar-refractivity contribution in [3.8, 4) is 0 Å². The van der Waals surface area contributed by atoms with E-state index in [0.717, 1.165) is 4.90 Å². The first kappa shape index (κ1) is 15.3. The minimum Gasteiger partial charge on any atom is -0.398 e. The van der Waals surface area contributed by atoms with E-state index < -0.39 is 24.7 Å². The van der Waals surface area contributed by atoms with Crippen LogP contribution in [0.4, 0.5) is 18.9 Å². The van der Waals surface area contributed by atoms with Gasteiger partial charge in [-0.3, -0.25) is 4.79 Å². The highest BCUT2D eigenvalue weighted by molar-refractivity contribution is 5.97. The number of hydrogen-bond acceptors (Lipinski definition) is 2. The van der Waals surface area contributed by atoms with Crippen LogP contribution >= 0.6 is 0 Å². The van der Waals surface area contributed by atoms with Gasteiger partial charge in [0.25, 0.3) is 5.91 Å². The number of halogens is 3. The third kappa shape index (κ3) is 3.87. The van der Waals surface area contributed by atoms with Crippen molar-refractivity contribution < 1.29 is 18.0 Å². The quantitative estimate of drug-likeness (QED) is 0.861. The molecule has 0 saturated carbocycles. The molecule has 1 aromatic carbocycles. The fourth-order valence-electron chi connectivity index (χ4n) is 1.72. The maximum Gasteiger partial charge on any atom is 0.406 e. The molecule has 0 aliphatic rings. The monoisotopic (exact) mass is 274 g/mol. The number of nitrogens with zero attached hydrogens (tertiary/aromatic N) is 1. The first-order chi connectivity index (χ1) is 8.63. The van der Waals surface area contributed by atoms with Crippen LogP contribution in [0.2, 0.25) is 0 Å². The maximum absolute atomic E-state index is 12.5. The number of nitrogens with two attached hydrogens (primary N) is 1. The molecule has 1 rings (SSSR count). The Kier molecular flexibility index (Phi) is 4.44. The van der Waals surface area contributed by atoms with Gasteiger partial charge in [-0.2, -0.15) is 13.2 Å². The lowest BCUT2D eigenvalue weighted by Crippen LogP contribution is -2.43. The van der Waals surface area contributed by atoms with Crippen LogP contribution in [0.15, 0.2) is 18.2 Å². The van der Waals surface area contributed by atoms with E-state index in [-0.39, 0.29) is 5.56 Å². The van der Waals surface area contributed by atoms with Crippen LogP contribution in [0, 0.1) is 6.92 Å². The third-order valence-electron chi connectivity index (χ3n) is 2.84. The normalized spacial score (nSPS) is 11.7. The molecule has 0 aromatic heterocycles. The molecule has 0 aliphatic heterocycles. The topological polar surface area (TPSA) is 46.3 Å². The SMILES string of the molecule is Cc1c(N)cccc1C(=O)N(CC(F)(F)F)C(C)C. The second-order valence-corrected chi connectivity index (χ2v) is 4.66. The number of carbonyl (C=O) groups is 1. The average molecular weight is 274 g/mol. The van der Waals surface area contributed by atoms with Crippen molar-refractivity contribution in [1.82, 2.24) is 4.90 Å². The Morgan fingerprint density at radius 1 is 1.37 bits per heavy atom. The molecular formula is C13H17F3N2O. The maximum atomic E-state index is 12.5. The van der Waals surface area contributed by atoms with E-state index in [1.807, 2.05) is 0 Å². The number of anilines is 1. The summed E-state index contributed by atoms with van der Waals surface area (Å²) in [6.45, 7) is 3.45. The summed E-state index contributed by atoms with van der Waals surface area (Å²) in [4.78, 5) is 13.0. The highest BCUT2D eigenvalue weighted by Crippen LogP contribution is 2.22. The smallest absolute Gasteiger partial charge is 0.398 e. The lowest BCUT2D eigenvalue weighted by molar-refractivity contribution is -0.143. The highest BCUT2D eigenvalue weighted by Gasteiger charge is 2.34. The van der Waals surface area contributed by atoms with Crippen molar-refractivity contribution in [2.24, 2.45) is 0 Å². The molecule has 6 heteroatoms. The molecule has 0 unspecified atom stereocenters. The summed E-state index contributed by atoms with van der Waals surface area (Å²) < 4.78 is 37.5. The first-order valence-electron chi connectivity index (χ1n) is 5.86. The Balaban J connectivity index is 3.10. The van der Waals surface area contributed by atoms with Gasteiger partial charge in [0.05, 0.1) is 0 Å². The number of alkyl halides is 3. The average Bonchev–Trinajstić information content (AvgIpc) is 2.27. The Morgan fingerprint density at radius 2 is 1.95 bits per heavy atom. The van der Waals surface area contributed by atoms with Gasteiger partial charge >= 0.3 is 6.18 Å². The molecule has 3 nitrogen and oxygen atoms in total. The fourth-order valence-corrected chi connectivity index (χ4v) is 1.72. The summed E-state index contributed by atoms with van der Waals surface area (Å²) >= 11 is 0. The van der Waals surface area contributed by atoms with Gasteiger partial charge in [0.1, 0.15) is 6.54 Å². The molecule has 0 radical (unpaired) electrons. The molecule has 1 aromatic rings. The Labute approximate surface area is 110 Å². The van der Waals surface area contributed by atoms with Crippen LogP contribution in [0.5, 0.6) is 0 Å². The molecule has 0 heterocycles. The van der Waals surface area contributed by atoms with E-state index in [4.69, 9.17) is 5.73 Å². The zero-order chi connectivity index (χ0) is 14.8. The van der Waals surface area contributed by atoms with Crippen molar-refractivity contribution in [2.75, 3.05) is 12.3 Å². The van der Waals surface area contributed by atoms with Crippen molar-refractivity contribution in [3.05, 3.63) is 29.3 Å². The van der Waals surface area contributed by atoms with E-state index in [0.29, 0.717) is 11.3 Å². The second kappa shape index (κ2) is 5.50. The largest absolute Gasteiger partial charge is 0.406 e. The van der Waals surface area contributed by atoms with Gasteiger partial charge in [-0.1, -0.05) is 6.07 Å². The van der Waals surface area contributed by atoms with E-state index in [2.05, 4.69) is 0 Å². The second-order valence-electron chi connectivity index (χ2n) is 4.66. The molecule has 1 amide bonds. The van der Waals surface area contributed by atoms with Gasteiger partial charge in [-0.05, 0) is 38.5 Å². The summed E-state index contributed by atoms with van der Waals surface area (Å²) in [6.07, 6.45) is -4.42. The molecule has 0 atom stereocenters. The fraction of sp³-hybridized carbons (Fsp3) is 0.462. The van der Waals surface area contributed by atoms with Crippen LogP contribution in [-0.4, -0.2) is 29.6 Å². The minimum absolute atomic E-state index is 0.206. The number of amides is 1. The molecule has 2 N–H and O–H groups in total. The van der Waals surface area contributed by atoms with Gasteiger partial charge in [-0.25, -0.2) is 0 Å². The molecule has 0 fully saturated rings. The standard InChI is InChI=1S/C13H17F3N2O/c1-8(2)18(7-13(14,15)16)12(19)10-5-4-6-11(17)9(10)3/h4-6,8H,7,17H2,1-3H3. The summed E-state index contributed by atoms with van der Waals surface area (Å²) in [5, 5.41) is 0.